The second-order valence-electron chi connectivity index (χ2n) is 39.0. The van der Waals surface area contributed by atoms with E-state index in [0.29, 0.717) is 0 Å². The van der Waals surface area contributed by atoms with Gasteiger partial charge in [0.1, 0.15) is 0 Å². The summed E-state index contributed by atoms with van der Waals surface area (Å²) in [6.45, 7) is 0. The number of thiophene rings is 1. The topological polar surface area (TPSA) is 6.48 Å². The number of benzene rings is 18. The molecule has 2 nitrogen and oxygen atoms in total. The summed E-state index contributed by atoms with van der Waals surface area (Å²) in [5.41, 5.74) is 41.8. The van der Waals surface area contributed by atoms with Gasteiger partial charge in [0.25, 0.3) is 0 Å². The van der Waals surface area contributed by atoms with E-state index in [4.69, 9.17) is 0 Å². The molecule has 0 amide bonds. The second-order valence-corrected chi connectivity index (χ2v) is 40.0. The van der Waals surface area contributed by atoms with Crippen molar-refractivity contribution in [1.82, 2.24) is 0 Å². The minimum absolute atomic E-state index is 0.180. The van der Waals surface area contributed by atoms with Crippen LogP contribution in [0.5, 0.6) is 0 Å². The molecule has 0 saturated heterocycles. The fourth-order valence-electron chi connectivity index (χ4n) is 27.0. The van der Waals surface area contributed by atoms with Crippen LogP contribution in [0.2, 0.25) is 0 Å². The van der Waals surface area contributed by atoms with Crippen LogP contribution in [0.15, 0.2) is 437 Å². The van der Waals surface area contributed by atoms with Gasteiger partial charge in [-0.25, -0.2) is 0 Å². The van der Waals surface area contributed by atoms with Crippen LogP contribution >= 0.6 is 11.3 Å². The average Bonchev–Trinajstić information content (AvgIpc) is 1.54. The van der Waals surface area contributed by atoms with Crippen LogP contribution in [0, 0.1) is 47.3 Å². The van der Waals surface area contributed by atoms with Gasteiger partial charge in [-0.1, -0.05) is 346 Å². The van der Waals surface area contributed by atoms with Crippen molar-refractivity contribution in [1.29, 1.82) is 0 Å². The molecule has 0 unspecified atom stereocenters. The highest BCUT2D eigenvalue weighted by Crippen LogP contribution is 2.72. The van der Waals surface area contributed by atoms with Crippen molar-refractivity contribution in [3.05, 3.63) is 459 Å². The van der Waals surface area contributed by atoms with Gasteiger partial charge in [-0.15, -0.1) is 11.3 Å². The van der Waals surface area contributed by atoms with Crippen LogP contribution in [0.3, 0.4) is 0 Å². The number of nitrogens with zero attached hydrogens (tertiary/aromatic N) is 2. The maximum atomic E-state index is 2.56. The molecule has 10 aliphatic rings. The van der Waals surface area contributed by atoms with E-state index in [2.05, 4.69) is 447 Å². The van der Waals surface area contributed by atoms with E-state index in [9.17, 15) is 0 Å². The van der Waals surface area contributed by atoms with Crippen molar-refractivity contribution in [2.24, 2.45) is 47.3 Å². The van der Waals surface area contributed by atoms with Gasteiger partial charge in [0, 0.05) is 65.1 Å². The maximum Gasteiger partial charge on any atom is 0.0467 e. The molecule has 131 heavy (non-hydrogen) atoms. The molecule has 1 aromatic heterocycles. The van der Waals surface area contributed by atoms with Gasteiger partial charge in [0.2, 0.25) is 0 Å². The monoisotopic (exact) mass is 1700 g/mol. The van der Waals surface area contributed by atoms with Crippen molar-refractivity contribution in [3.63, 3.8) is 0 Å². The fraction of sp³-hybridized carbons (Fsp3) is 0.156. The van der Waals surface area contributed by atoms with E-state index >= 15 is 0 Å². The predicted octanol–water partition coefficient (Wildman–Crippen LogP) is 35.1. The van der Waals surface area contributed by atoms with Crippen LogP contribution < -0.4 is 9.80 Å². The zero-order valence-corrected chi connectivity index (χ0v) is 74.4. The molecule has 0 atom stereocenters. The molecular formula is C128H100N2S. The molecule has 8 saturated carbocycles. The van der Waals surface area contributed by atoms with Crippen LogP contribution in [-0.2, 0) is 10.8 Å². The molecule has 29 rings (SSSR count). The lowest BCUT2D eigenvalue weighted by Gasteiger charge is -2.61. The van der Waals surface area contributed by atoms with Crippen LogP contribution in [0.4, 0.5) is 34.1 Å². The number of fused-ring (bicyclic) bond motifs is 9. The Balaban J connectivity index is 0.000000138. The normalized spacial score (nSPS) is 21.0. The second kappa shape index (κ2) is 31.9. The molecular weight excluding hydrogens is 1600 g/mol. The first-order valence-corrected chi connectivity index (χ1v) is 48.7. The lowest BCUT2D eigenvalue weighted by molar-refractivity contribution is -0.0399. The van der Waals surface area contributed by atoms with E-state index in [1.807, 2.05) is 11.3 Å². The molecule has 18 aromatic carbocycles. The Kier molecular flexibility index (Phi) is 18.9. The average molecular weight is 1700 g/mol. The molecule has 3 heteroatoms. The third-order valence-electron chi connectivity index (χ3n) is 32.2. The Labute approximate surface area is 773 Å². The Morgan fingerprint density at radius 3 is 0.847 bits per heavy atom. The Bertz CT molecular complexity index is 7500. The highest BCUT2D eigenvalue weighted by atomic mass is 32.1. The SMILES string of the molecule is c1ccc(-c2ccc(-c3ccc(N(c4ccc(-c5ccccc5)cc4)c4cccc(-c5ccccc5-c5ccc6c(c5)-c5ccccc5C65C6CC7CC(C6)CC5C7)c4)cc3)cc2)cc1.c1ccc(-c2ccc(N(c3ccc(-c4ccccc4-c4ccc5c(c4)-c4ccccc4C54C5CC6CC(C5)CC4C6)cc3)c3ccc(-c4cccc5c4sc4ccccc45)cc3)cc2)cc1. The molecule has 1 heterocycles. The van der Waals surface area contributed by atoms with E-state index in [1.165, 1.54) is 207 Å². The van der Waals surface area contributed by atoms with E-state index in [0.717, 1.165) is 81.5 Å². The molecule has 10 aliphatic carbocycles. The van der Waals surface area contributed by atoms with E-state index in [1.54, 1.807) is 22.3 Å². The first-order chi connectivity index (χ1) is 64.8. The third kappa shape index (κ3) is 13.1. The first-order valence-electron chi connectivity index (χ1n) is 47.9. The molecule has 19 aromatic rings. The van der Waals surface area contributed by atoms with Gasteiger partial charge in [-0.3, -0.25) is 0 Å². The molecule has 0 N–H and O–H groups in total. The molecule has 628 valence electrons. The Morgan fingerprint density at radius 2 is 0.443 bits per heavy atom. The summed E-state index contributed by atoms with van der Waals surface area (Å²) in [5.74, 6) is 6.84. The highest BCUT2D eigenvalue weighted by Gasteiger charge is 2.63. The van der Waals surface area contributed by atoms with Gasteiger partial charge in [0.15, 0.2) is 0 Å². The van der Waals surface area contributed by atoms with E-state index < -0.39 is 0 Å². The number of hydrogen-bond acceptors (Lipinski definition) is 3. The quantitative estimate of drug-likeness (QED) is 0.101. The van der Waals surface area contributed by atoms with Crippen molar-refractivity contribution in [2.75, 3.05) is 9.80 Å². The molecule has 0 aliphatic heterocycles. The van der Waals surface area contributed by atoms with Gasteiger partial charge in [-0.05, 0) is 347 Å². The number of rotatable bonds is 15. The summed E-state index contributed by atoms with van der Waals surface area (Å²) >= 11 is 1.89. The van der Waals surface area contributed by atoms with Crippen molar-refractivity contribution < 1.29 is 0 Å². The summed E-state index contributed by atoms with van der Waals surface area (Å²) < 4.78 is 2.67. The van der Waals surface area contributed by atoms with Crippen LogP contribution in [0.25, 0.3) is 143 Å². The van der Waals surface area contributed by atoms with Crippen LogP contribution in [-0.4, -0.2) is 0 Å². The number of hydrogen-bond donors (Lipinski definition) is 0. The summed E-state index contributed by atoms with van der Waals surface area (Å²) in [4.78, 5) is 4.80. The predicted molar refractivity (Wildman–Crippen MR) is 551 cm³/mol. The Hall–Kier alpha value is -14.2. The smallest absolute Gasteiger partial charge is 0.0467 e. The minimum atomic E-state index is 0.180. The molecule has 2 spiro atoms. The van der Waals surface area contributed by atoms with Crippen molar-refractivity contribution in [2.45, 2.75) is 75.0 Å². The Morgan fingerprint density at radius 1 is 0.176 bits per heavy atom. The zero-order valence-electron chi connectivity index (χ0n) is 73.6. The third-order valence-corrected chi connectivity index (χ3v) is 33.4. The summed E-state index contributed by atoms with van der Waals surface area (Å²) in [7, 11) is 0. The highest BCUT2D eigenvalue weighted by molar-refractivity contribution is 7.26. The van der Waals surface area contributed by atoms with Gasteiger partial charge >= 0.3 is 0 Å². The zero-order chi connectivity index (χ0) is 86.2. The number of anilines is 6. The van der Waals surface area contributed by atoms with Gasteiger partial charge in [-0.2, -0.15) is 0 Å². The molecule has 8 fully saturated rings. The largest absolute Gasteiger partial charge is 0.311 e. The summed E-state index contributed by atoms with van der Waals surface area (Å²) in [6.07, 6.45) is 14.2. The maximum absolute atomic E-state index is 2.56. The van der Waals surface area contributed by atoms with Crippen molar-refractivity contribution >= 4 is 65.6 Å². The molecule has 8 bridgehead atoms. The lowest BCUT2D eigenvalue weighted by Crippen LogP contribution is -2.55. The molecule has 0 radical (unpaired) electrons. The summed E-state index contributed by atoms with van der Waals surface area (Å²) in [6, 6.07) is 163. The van der Waals surface area contributed by atoms with Gasteiger partial charge < -0.3 is 9.80 Å². The summed E-state index contributed by atoms with van der Waals surface area (Å²) in [5, 5.41) is 2.65. The van der Waals surface area contributed by atoms with Crippen LogP contribution in [0.1, 0.15) is 86.5 Å². The first kappa shape index (κ1) is 77.9. The van der Waals surface area contributed by atoms with Crippen molar-refractivity contribution in [3.8, 4) is 122 Å². The van der Waals surface area contributed by atoms with E-state index in [-0.39, 0.29) is 10.8 Å². The lowest BCUT2D eigenvalue weighted by atomic mass is 9.43. The fourth-order valence-corrected chi connectivity index (χ4v) is 28.3. The van der Waals surface area contributed by atoms with Gasteiger partial charge in [0.05, 0.1) is 0 Å². The minimum Gasteiger partial charge on any atom is -0.311 e. The standard InChI is InChI=1S/C64H49NS.C64H51N/c1-2-11-43(12-3-1)44-21-28-50(29-22-44)65(52-32-25-46(26-33-52)55-17-10-18-58-57-16-7-9-20-62(57)66-63(55)58)51-30-23-45(24-31-51)53-13-4-5-14-54(53)47-27-34-61-59(40-47)56-15-6-8-19-60(56)64(61)48-36-41-35-42(38-48)39-49(64)37-41;1-3-12-45(13-4-1)47-22-24-48(25-23-47)50-28-33-56(34-29-50)65(55-31-26-49(27-32-55)46-14-5-2-6-15-46)57-17-11-16-51(41-57)58-18-7-8-19-59(58)52-30-35-63-61(42-52)60-20-9-10-21-62(60)64(63)53-37-43-36-44(39-53)40-54(64)38-43/h1-34,40-42,48-49H,35-39H2;1-35,41-44,53-54H,36-40H2.